The summed E-state index contributed by atoms with van der Waals surface area (Å²) in [5.74, 6) is 0.835. The van der Waals surface area contributed by atoms with Gasteiger partial charge < -0.3 is 14.6 Å². The summed E-state index contributed by atoms with van der Waals surface area (Å²) in [6.45, 7) is 8.48. The highest BCUT2D eigenvalue weighted by atomic mass is 16.3. The Morgan fingerprint density at radius 1 is 1.21 bits per heavy atom. The SMILES string of the molecule is CCc1nc2cc(N3CCNCC3)cc(CC)c2o1. The number of aromatic nitrogens is 1. The molecule has 0 atom stereocenters. The van der Waals surface area contributed by atoms with Crippen LogP contribution in [0.5, 0.6) is 0 Å². The Morgan fingerprint density at radius 2 is 2.00 bits per heavy atom. The molecule has 1 N–H and O–H groups in total. The minimum Gasteiger partial charge on any atom is -0.440 e. The summed E-state index contributed by atoms with van der Waals surface area (Å²) in [5.41, 5.74) is 4.52. The van der Waals surface area contributed by atoms with Gasteiger partial charge in [-0.3, -0.25) is 0 Å². The lowest BCUT2D eigenvalue weighted by molar-refractivity contribution is 0.535. The minimum atomic E-state index is 0.835. The van der Waals surface area contributed by atoms with Gasteiger partial charge in [-0.1, -0.05) is 13.8 Å². The summed E-state index contributed by atoms with van der Waals surface area (Å²) >= 11 is 0. The number of aryl methyl sites for hydroxylation is 2. The fourth-order valence-corrected chi connectivity index (χ4v) is 2.65. The molecule has 1 aromatic carbocycles. The van der Waals surface area contributed by atoms with Gasteiger partial charge in [0.2, 0.25) is 0 Å². The summed E-state index contributed by atoms with van der Waals surface area (Å²) in [7, 11) is 0. The summed E-state index contributed by atoms with van der Waals surface area (Å²) in [6.07, 6.45) is 1.83. The standard InChI is InChI=1S/C15H21N3O/c1-3-11-9-12(18-7-5-16-6-8-18)10-13-15(11)19-14(4-2)17-13/h9-10,16H,3-8H2,1-2H3. The summed E-state index contributed by atoms with van der Waals surface area (Å²) in [5, 5.41) is 3.39. The van der Waals surface area contributed by atoms with Crippen molar-refractivity contribution >= 4 is 16.8 Å². The second-order valence-electron chi connectivity index (χ2n) is 5.00. The largest absolute Gasteiger partial charge is 0.440 e. The highest BCUT2D eigenvalue weighted by Crippen LogP contribution is 2.27. The van der Waals surface area contributed by atoms with Gasteiger partial charge in [-0.2, -0.15) is 0 Å². The van der Waals surface area contributed by atoms with Crippen molar-refractivity contribution in [3.63, 3.8) is 0 Å². The lowest BCUT2D eigenvalue weighted by Gasteiger charge is -2.29. The van der Waals surface area contributed by atoms with E-state index < -0.39 is 0 Å². The molecule has 0 amide bonds. The van der Waals surface area contributed by atoms with Gasteiger partial charge in [0, 0.05) is 38.3 Å². The molecular formula is C15H21N3O. The van der Waals surface area contributed by atoms with Crippen molar-refractivity contribution in [1.82, 2.24) is 10.3 Å². The van der Waals surface area contributed by atoms with Gasteiger partial charge in [0.1, 0.15) is 5.52 Å². The quantitative estimate of drug-likeness (QED) is 0.918. The van der Waals surface area contributed by atoms with Crippen molar-refractivity contribution < 1.29 is 4.42 Å². The third kappa shape index (κ3) is 2.32. The predicted molar refractivity (Wildman–Crippen MR) is 77.8 cm³/mol. The Balaban J connectivity index is 2.05. The van der Waals surface area contributed by atoms with Crippen LogP contribution in [0.1, 0.15) is 25.3 Å². The highest BCUT2D eigenvalue weighted by Gasteiger charge is 2.15. The third-order valence-corrected chi connectivity index (χ3v) is 3.76. The van der Waals surface area contributed by atoms with E-state index in [1.54, 1.807) is 0 Å². The normalized spacial score (nSPS) is 16.2. The number of nitrogens with one attached hydrogen (secondary N) is 1. The zero-order chi connectivity index (χ0) is 13.2. The second kappa shape index (κ2) is 5.21. The first-order valence-corrected chi connectivity index (χ1v) is 7.19. The van der Waals surface area contributed by atoms with Gasteiger partial charge in [0.05, 0.1) is 0 Å². The lowest BCUT2D eigenvalue weighted by Crippen LogP contribution is -2.43. The van der Waals surface area contributed by atoms with Crippen LogP contribution < -0.4 is 10.2 Å². The first-order valence-electron chi connectivity index (χ1n) is 7.19. The number of fused-ring (bicyclic) bond motifs is 1. The van der Waals surface area contributed by atoms with Gasteiger partial charge in [-0.05, 0) is 24.1 Å². The molecule has 0 spiro atoms. The molecule has 1 aliphatic heterocycles. The van der Waals surface area contributed by atoms with E-state index in [4.69, 9.17) is 4.42 Å². The summed E-state index contributed by atoms with van der Waals surface area (Å²) in [4.78, 5) is 7.01. The predicted octanol–water partition coefficient (Wildman–Crippen LogP) is 2.36. The van der Waals surface area contributed by atoms with Crippen molar-refractivity contribution in [1.29, 1.82) is 0 Å². The van der Waals surface area contributed by atoms with Gasteiger partial charge in [-0.15, -0.1) is 0 Å². The smallest absolute Gasteiger partial charge is 0.195 e. The Kier molecular flexibility index (Phi) is 3.42. The van der Waals surface area contributed by atoms with Crippen molar-refractivity contribution in [2.45, 2.75) is 26.7 Å². The average molecular weight is 259 g/mol. The van der Waals surface area contributed by atoms with Gasteiger partial charge >= 0.3 is 0 Å². The average Bonchev–Trinajstić information content (AvgIpc) is 2.90. The van der Waals surface area contributed by atoms with E-state index in [-0.39, 0.29) is 0 Å². The molecule has 0 saturated carbocycles. The number of hydrogen-bond donors (Lipinski definition) is 1. The van der Waals surface area contributed by atoms with Gasteiger partial charge in [0.25, 0.3) is 0 Å². The molecule has 0 unspecified atom stereocenters. The molecule has 1 fully saturated rings. The number of hydrogen-bond acceptors (Lipinski definition) is 4. The van der Waals surface area contributed by atoms with Crippen molar-refractivity contribution in [2.24, 2.45) is 0 Å². The zero-order valence-corrected chi connectivity index (χ0v) is 11.7. The van der Waals surface area contributed by atoms with Crippen molar-refractivity contribution in [3.8, 4) is 0 Å². The molecule has 3 rings (SSSR count). The van der Waals surface area contributed by atoms with Crippen LogP contribution in [-0.4, -0.2) is 31.2 Å². The van der Waals surface area contributed by atoms with E-state index in [0.29, 0.717) is 0 Å². The van der Waals surface area contributed by atoms with E-state index in [9.17, 15) is 0 Å². The molecular weight excluding hydrogens is 238 g/mol. The molecule has 1 aliphatic rings. The molecule has 4 nitrogen and oxygen atoms in total. The first kappa shape index (κ1) is 12.5. The maximum Gasteiger partial charge on any atom is 0.195 e. The molecule has 4 heteroatoms. The molecule has 2 heterocycles. The van der Waals surface area contributed by atoms with Crippen LogP contribution in [0.25, 0.3) is 11.1 Å². The number of anilines is 1. The van der Waals surface area contributed by atoms with E-state index in [1.807, 2.05) is 0 Å². The van der Waals surface area contributed by atoms with Crippen LogP contribution in [0.3, 0.4) is 0 Å². The highest BCUT2D eigenvalue weighted by molar-refractivity contribution is 5.81. The van der Waals surface area contributed by atoms with E-state index in [1.165, 1.54) is 11.3 Å². The molecule has 0 bridgehead atoms. The Hall–Kier alpha value is -1.55. The summed E-state index contributed by atoms with van der Waals surface area (Å²) < 4.78 is 5.84. The maximum absolute atomic E-state index is 5.84. The van der Waals surface area contributed by atoms with E-state index >= 15 is 0 Å². The maximum atomic E-state index is 5.84. The van der Waals surface area contributed by atoms with Crippen LogP contribution in [0.4, 0.5) is 5.69 Å². The van der Waals surface area contributed by atoms with E-state index in [0.717, 1.165) is 56.0 Å². The molecule has 1 aromatic heterocycles. The number of piperazine rings is 1. The topological polar surface area (TPSA) is 41.3 Å². The Morgan fingerprint density at radius 3 is 2.68 bits per heavy atom. The van der Waals surface area contributed by atoms with Crippen molar-refractivity contribution in [3.05, 3.63) is 23.6 Å². The fraction of sp³-hybridized carbons (Fsp3) is 0.533. The molecule has 0 aliphatic carbocycles. The Labute approximate surface area is 113 Å². The molecule has 1 saturated heterocycles. The first-order chi connectivity index (χ1) is 9.31. The summed E-state index contributed by atoms with van der Waals surface area (Å²) in [6, 6.07) is 4.43. The number of oxazole rings is 1. The van der Waals surface area contributed by atoms with Crippen LogP contribution >= 0.6 is 0 Å². The van der Waals surface area contributed by atoms with Gasteiger partial charge in [0.15, 0.2) is 11.5 Å². The molecule has 0 radical (unpaired) electrons. The molecule has 2 aromatic rings. The number of benzene rings is 1. The molecule has 19 heavy (non-hydrogen) atoms. The van der Waals surface area contributed by atoms with Crippen molar-refractivity contribution in [2.75, 3.05) is 31.1 Å². The number of rotatable bonds is 3. The van der Waals surface area contributed by atoms with Crippen LogP contribution in [0.2, 0.25) is 0 Å². The third-order valence-electron chi connectivity index (χ3n) is 3.76. The monoisotopic (exact) mass is 259 g/mol. The minimum absolute atomic E-state index is 0.835. The van der Waals surface area contributed by atoms with Crippen LogP contribution in [0, 0.1) is 0 Å². The zero-order valence-electron chi connectivity index (χ0n) is 11.7. The second-order valence-corrected chi connectivity index (χ2v) is 5.00. The molecule has 102 valence electrons. The lowest BCUT2D eigenvalue weighted by atomic mass is 10.1. The number of nitrogens with zero attached hydrogens (tertiary/aromatic N) is 2. The van der Waals surface area contributed by atoms with Crippen LogP contribution in [-0.2, 0) is 12.8 Å². The van der Waals surface area contributed by atoms with Gasteiger partial charge in [-0.25, -0.2) is 4.98 Å². The Bertz CT molecular complexity index is 570. The van der Waals surface area contributed by atoms with Crippen LogP contribution in [0.15, 0.2) is 16.5 Å². The fourth-order valence-electron chi connectivity index (χ4n) is 2.65. The van der Waals surface area contributed by atoms with E-state index in [2.05, 4.69) is 41.2 Å².